The van der Waals surface area contributed by atoms with Crippen molar-refractivity contribution >= 4 is 24.2 Å². The van der Waals surface area contributed by atoms with Crippen molar-refractivity contribution < 1.29 is 9.59 Å². The van der Waals surface area contributed by atoms with Crippen molar-refractivity contribution in [2.24, 2.45) is 11.1 Å². The van der Waals surface area contributed by atoms with Gasteiger partial charge < -0.3 is 16.4 Å². The molecule has 0 radical (unpaired) electrons. The van der Waals surface area contributed by atoms with Crippen LogP contribution in [0, 0.1) is 5.41 Å². The van der Waals surface area contributed by atoms with Crippen LogP contribution in [0.1, 0.15) is 29.9 Å². The maximum atomic E-state index is 12.0. The predicted octanol–water partition coefficient (Wildman–Crippen LogP) is 0.464. The minimum Gasteiger partial charge on any atom is -0.359 e. The Labute approximate surface area is 124 Å². The van der Waals surface area contributed by atoms with Gasteiger partial charge in [0.2, 0.25) is 5.91 Å². The molecule has 112 valence electrons. The quantitative estimate of drug-likeness (QED) is 0.736. The van der Waals surface area contributed by atoms with E-state index in [0.717, 1.165) is 0 Å². The molecule has 0 aliphatic carbocycles. The maximum Gasteiger partial charge on any atom is 0.251 e. The van der Waals surface area contributed by atoms with Crippen molar-refractivity contribution in [2.75, 3.05) is 13.6 Å². The lowest BCUT2D eigenvalue weighted by Crippen LogP contribution is -2.43. The SMILES string of the molecule is CNC(=O)C(C)(C)CNC(=O)c1ccnc(CN)c1.Cl. The second-order valence-corrected chi connectivity index (χ2v) is 4.89. The number of carbonyl (C=O) groups excluding carboxylic acids is 2. The Balaban J connectivity index is 0.00000361. The summed E-state index contributed by atoms with van der Waals surface area (Å²) in [6, 6.07) is 3.25. The van der Waals surface area contributed by atoms with Crippen LogP contribution >= 0.6 is 12.4 Å². The van der Waals surface area contributed by atoms with Gasteiger partial charge in [-0.05, 0) is 26.0 Å². The van der Waals surface area contributed by atoms with Crippen LogP contribution in [0.2, 0.25) is 0 Å². The highest BCUT2D eigenvalue weighted by molar-refractivity contribution is 5.94. The number of hydrogen-bond acceptors (Lipinski definition) is 4. The van der Waals surface area contributed by atoms with Gasteiger partial charge in [-0.25, -0.2) is 0 Å². The van der Waals surface area contributed by atoms with Crippen molar-refractivity contribution in [3.8, 4) is 0 Å². The molecule has 0 aliphatic rings. The molecule has 20 heavy (non-hydrogen) atoms. The molecule has 0 aliphatic heterocycles. The van der Waals surface area contributed by atoms with Gasteiger partial charge in [-0.15, -0.1) is 12.4 Å². The number of carbonyl (C=O) groups is 2. The summed E-state index contributed by atoms with van der Waals surface area (Å²) in [4.78, 5) is 27.6. The first-order valence-corrected chi connectivity index (χ1v) is 6.06. The van der Waals surface area contributed by atoms with Crippen molar-refractivity contribution in [3.05, 3.63) is 29.6 Å². The average molecular weight is 301 g/mol. The van der Waals surface area contributed by atoms with Crippen LogP contribution in [-0.4, -0.2) is 30.4 Å². The molecule has 0 saturated heterocycles. The molecular formula is C13H21ClN4O2. The number of nitrogens with one attached hydrogen (secondary N) is 2. The second kappa shape index (κ2) is 7.81. The number of nitrogens with two attached hydrogens (primary N) is 1. The highest BCUT2D eigenvalue weighted by Gasteiger charge is 2.27. The Hall–Kier alpha value is -1.66. The van der Waals surface area contributed by atoms with Crippen LogP contribution in [0.25, 0.3) is 0 Å². The molecule has 0 aromatic carbocycles. The normalized spacial score (nSPS) is 10.4. The second-order valence-electron chi connectivity index (χ2n) is 4.89. The van der Waals surface area contributed by atoms with Crippen LogP contribution < -0.4 is 16.4 Å². The Morgan fingerprint density at radius 2 is 2.05 bits per heavy atom. The Bertz CT molecular complexity index is 477. The highest BCUT2D eigenvalue weighted by Crippen LogP contribution is 2.13. The van der Waals surface area contributed by atoms with Crippen LogP contribution in [0.3, 0.4) is 0 Å². The lowest BCUT2D eigenvalue weighted by atomic mass is 9.92. The van der Waals surface area contributed by atoms with Crippen molar-refractivity contribution in [1.29, 1.82) is 0 Å². The molecule has 2 amide bonds. The fraction of sp³-hybridized carbons (Fsp3) is 0.462. The number of pyridine rings is 1. The van der Waals surface area contributed by atoms with E-state index in [4.69, 9.17) is 5.73 Å². The summed E-state index contributed by atoms with van der Waals surface area (Å²) < 4.78 is 0. The summed E-state index contributed by atoms with van der Waals surface area (Å²) >= 11 is 0. The van der Waals surface area contributed by atoms with Crippen molar-refractivity contribution in [3.63, 3.8) is 0 Å². The van der Waals surface area contributed by atoms with E-state index in [1.54, 1.807) is 39.2 Å². The predicted molar refractivity (Wildman–Crippen MR) is 79.6 cm³/mol. The first-order chi connectivity index (χ1) is 8.90. The first-order valence-electron chi connectivity index (χ1n) is 6.06. The molecule has 6 nitrogen and oxygen atoms in total. The van der Waals surface area contributed by atoms with Gasteiger partial charge in [-0.3, -0.25) is 14.6 Å². The Morgan fingerprint density at radius 3 is 2.60 bits per heavy atom. The van der Waals surface area contributed by atoms with Gasteiger partial charge in [0.25, 0.3) is 5.91 Å². The average Bonchev–Trinajstić information content (AvgIpc) is 2.43. The topological polar surface area (TPSA) is 97.1 Å². The van der Waals surface area contributed by atoms with Crippen LogP contribution in [0.5, 0.6) is 0 Å². The Kier molecular flexibility index (Phi) is 7.17. The van der Waals surface area contributed by atoms with Gasteiger partial charge in [-0.2, -0.15) is 0 Å². The smallest absolute Gasteiger partial charge is 0.251 e. The van der Waals surface area contributed by atoms with Gasteiger partial charge in [0.05, 0.1) is 11.1 Å². The van der Waals surface area contributed by atoms with Crippen LogP contribution in [-0.2, 0) is 11.3 Å². The largest absolute Gasteiger partial charge is 0.359 e. The van der Waals surface area contributed by atoms with E-state index in [9.17, 15) is 9.59 Å². The molecule has 0 bridgehead atoms. The lowest BCUT2D eigenvalue weighted by Gasteiger charge is -2.22. The third-order valence-corrected chi connectivity index (χ3v) is 2.82. The lowest BCUT2D eigenvalue weighted by molar-refractivity contribution is -0.128. The molecule has 0 saturated carbocycles. The first kappa shape index (κ1) is 18.3. The van der Waals surface area contributed by atoms with Gasteiger partial charge in [0.15, 0.2) is 0 Å². The summed E-state index contributed by atoms with van der Waals surface area (Å²) in [6.45, 7) is 4.07. The summed E-state index contributed by atoms with van der Waals surface area (Å²) in [5.41, 5.74) is 5.95. The zero-order valence-corrected chi connectivity index (χ0v) is 12.7. The number of halogens is 1. The van der Waals surface area contributed by atoms with E-state index in [1.807, 2.05) is 0 Å². The minimum absolute atomic E-state index is 0. The molecule has 7 heteroatoms. The molecular weight excluding hydrogens is 280 g/mol. The summed E-state index contributed by atoms with van der Waals surface area (Å²) in [5.74, 6) is -0.362. The molecule has 1 aromatic heterocycles. The number of amides is 2. The zero-order valence-electron chi connectivity index (χ0n) is 11.9. The van der Waals surface area contributed by atoms with Gasteiger partial charge >= 0.3 is 0 Å². The van der Waals surface area contributed by atoms with E-state index in [0.29, 0.717) is 11.3 Å². The Morgan fingerprint density at radius 1 is 1.40 bits per heavy atom. The third kappa shape index (κ3) is 4.79. The molecule has 1 heterocycles. The van der Waals surface area contributed by atoms with Crippen molar-refractivity contribution in [2.45, 2.75) is 20.4 Å². The molecule has 0 unspecified atom stereocenters. The van der Waals surface area contributed by atoms with Crippen LogP contribution in [0.4, 0.5) is 0 Å². The minimum atomic E-state index is -0.659. The summed E-state index contributed by atoms with van der Waals surface area (Å²) in [5, 5.41) is 5.31. The number of aromatic nitrogens is 1. The zero-order chi connectivity index (χ0) is 14.5. The summed E-state index contributed by atoms with van der Waals surface area (Å²) in [6.07, 6.45) is 1.54. The van der Waals surface area contributed by atoms with E-state index >= 15 is 0 Å². The highest BCUT2D eigenvalue weighted by atomic mass is 35.5. The number of nitrogens with zero attached hydrogens (tertiary/aromatic N) is 1. The van der Waals surface area contributed by atoms with Crippen molar-refractivity contribution in [1.82, 2.24) is 15.6 Å². The molecule has 0 spiro atoms. The van der Waals surface area contributed by atoms with E-state index in [-0.39, 0.29) is 37.3 Å². The summed E-state index contributed by atoms with van der Waals surface area (Å²) in [7, 11) is 1.57. The van der Waals surface area contributed by atoms with E-state index < -0.39 is 5.41 Å². The molecule has 1 rings (SSSR count). The third-order valence-electron chi connectivity index (χ3n) is 2.82. The van der Waals surface area contributed by atoms with Crippen LogP contribution in [0.15, 0.2) is 18.3 Å². The van der Waals surface area contributed by atoms with E-state index in [2.05, 4.69) is 15.6 Å². The number of rotatable bonds is 5. The van der Waals surface area contributed by atoms with Gasteiger partial charge in [0, 0.05) is 31.9 Å². The fourth-order valence-corrected chi connectivity index (χ4v) is 1.55. The standard InChI is InChI=1S/C13H20N4O2.ClH/c1-13(2,12(19)15-3)8-17-11(18)9-4-5-16-10(6-9)7-14;/h4-6H,7-8,14H2,1-3H3,(H,15,19)(H,17,18);1H. The van der Waals surface area contributed by atoms with Gasteiger partial charge in [-0.1, -0.05) is 0 Å². The monoisotopic (exact) mass is 300 g/mol. The number of hydrogen-bond donors (Lipinski definition) is 3. The molecule has 4 N–H and O–H groups in total. The molecule has 0 atom stereocenters. The van der Waals surface area contributed by atoms with Gasteiger partial charge in [0.1, 0.15) is 0 Å². The van der Waals surface area contributed by atoms with E-state index in [1.165, 1.54) is 0 Å². The fourth-order valence-electron chi connectivity index (χ4n) is 1.55. The molecule has 0 fully saturated rings. The molecule has 1 aromatic rings. The maximum absolute atomic E-state index is 12.0.